The van der Waals surface area contributed by atoms with E-state index in [1.165, 1.54) is 0 Å². The molecule has 1 aromatic rings. The molecule has 0 saturated carbocycles. The lowest BCUT2D eigenvalue weighted by Gasteiger charge is -2.12. The van der Waals surface area contributed by atoms with Gasteiger partial charge >= 0.3 is 0 Å². The maximum absolute atomic E-state index is 5.64. The Kier molecular flexibility index (Phi) is 13.9. The lowest BCUT2D eigenvalue weighted by molar-refractivity contribution is 0.0782. The molecular formula is C17H30IN3O2. The standard InChI is InChI=1S/C17H29N3O2.HI/c1-4-18-17(19-11-8-13-21-15(2)3)20-12-14-22-16-9-6-5-7-10-16;/h5-7,9-10,15H,4,8,11-14H2,1-3H3,(H2,18,19,20);1H. The smallest absolute Gasteiger partial charge is 0.191 e. The molecule has 6 heteroatoms. The fourth-order valence-corrected chi connectivity index (χ4v) is 1.77. The average Bonchev–Trinajstić information content (AvgIpc) is 2.51. The maximum atomic E-state index is 5.64. The molecule has 0 unspecified atom stereocenters. The second-order valence-corrected chi connectivity index (χ2v) is 5.12. The monoisotopic (exact) mass is 435 g/mol. The van der Waals surface area contributed by atoms with Gasteiger partial charge < -0.3 is 20.1 Å². The van der Waals surface area contributed by atoms with Crippen molar-refractivity contribution in [2.75, 3.05) is 32.8 Å². The fraction of sp³-hybridized carbons (Fsp3) is 0.588. The number of nitrogens with zero attached hydrogens (tertiary/aromatic N) is 1. The van der Waals surface area contributed by atoms with Crippen molar-refractivity contribution in [3.63, 3.8) is 0 Å². The van der Waals surface area contributed by atoms with E-state index < -0.39 is 0 Å². The summed E-state index contributed by atoms with van der Waals surface area (Å²) >= 11 is 0. The van der Waals surface area contributed by atoms with E-state index in [0.717, 1.165) is 37.8 Å². The van der Waals surface area contributed by atoms with Crippen LogP contribution in [0.15, 0.2) is 35.3 Å². The molecule has 1 aromatic carbocycles. The molecule has 0 atom stereocenters. The zero-order valence-corrected chi connectivity index (χ0v) is 16.7. The SMILES string of the molecule is CCNC(=NCCCOC(C)C)NCCOc1ccccc1.I. The third-order valence-corrected chi connectivity index (χ3v) is 2.77. The molecule has 1 rings (SSSR count). The molecular weight excluding hydrogens is 405 g/mol. The minimum Gasteiger partial charge on any atom is -0.492 e. The van der Waals surface area contributed by atoms with Crippen molar-refractivity contribution in [2.45, 2.75) is 33.3 Å². The molecule has 132 valence electrons. The molecule has 0 amide bonds. The Hall–Kier alpha value is -1.02. The van der Waals surface area contributed by atoms with Gasteiger partial charge in [-0.3, -0.25) is 4.99 Å². The first-order valence-electron chi connectivity index (χ1n) is 8.04. The largest absolute Gasteiger partial charge is 0.492 e. The van der Waals surface area contributed by atoms with Gasteiger partial charge in [0.15, 0.2) is 5.96 Å². The fourth-order valence-electron chi connectivity index (χ4n) is 1.77. The average molecular weight is 435 g/mol. The van der Waals surface area contributed by atoms with Crippen LogP contribution in [0.3, 0.4) is 0 Å². The lowest BCUT2D eigenvalue weighted by atomic mass is 10.3. The Bertz CT molecular complexity index is 414. The Morgan fingerprint density at radius 3 is 2.52 bits per heavy atom. The van der Waals surface area contributed by atoms with Crippen molar-refractivity contribution in [3.8, 4) is 5.75 Å². The predicted molar refractivity (Wildman–Crippen MR) is 107 cm³/mol. The number of ether oxygens (including phenoxy) is 2. The number of rotatable bonds is 10. The van der Waals surface area contributed by atoms with Gasteiger partial charge in [-0.25, -0.2) is 0 Å². The van der Waals surface area contributed by atoms with Crippen LogP contribution < -0.4 is 15.4 Å². The van der Waals surface area contributed by atoms with Gasteiger partial charge in [-0.1, -0.05) is 18.2 Å². The summed E-state index contributed by atoms with van der Waals surface area (Å²) in [6.45, 7) is 9.80. The topological polar surface area (TPSA) is 54.9 Å². The van der Waals surface area contributed by atoms with Gasteiger partial charge in [0.25, 0.3) is 0 Å². The quantitative estimate of drug-likeness (QED) is 0.257. The summed E-state index contributed by atoms with van der Waals surface area (Å²) in [6.07, 6.45) is 1.21. The molecule has 2 N–H and O–H groups in total. The summed E-state index contributed by atoms with van der Waals surface area (Å²) in [6, 6.07) is 9.81. The number of guanidine groups is 1. The van der Waals surface area contributed by atoms with Gasteiger partial charge in [-0.05, 0) is 39.3 Å². The molecule has 0 radical (unpaired) electrons. The minimum absolute atomic E-state index is 0. The summed E-state index contributed by atoms with van der Waals surface area (Å²) in [7, 11) is 0. The van der Waals surface area contributed by atoms with Gasteiger partial charge in [-0.15, -0.1) is 24.0 Å². The molecule has 0 aliphatic heterocycles. The van der Waals surface area contributed by atoms with Gasteiger partial charge in [-0.2, -0.15) is 0 Å². The van der Waals surface area contributed by atoms with E-state index in [1.807, 2.05) is 44.2 Å². The maximum Gasteiger partial charge on any atom is 0.191 e. The summed E-state index contributed by atoms with van der Waals surface area (Å²) in [5, 5.41) is 6.49. The Balaban J connectivity index is 0.00000484. The van der Waals surface area contributed by atoms with E-state index in [1.54, 1.807) is 0 Å². The number of aliphatic imine (C=N–C) groups is 1. The first-order valence-corrected chi connectivity index (χ1v) is 8.04. The van der Waals surface area contributed by atoms with Crippen molar-refractivity contribution in [1.82, 2.24) is 10.6 Å². The molecule has 0 spiro atoms. The highest BCUT2D eigenvalue weighted by Gasteiger charge is 1.98. The van der Waals surface area contributed by atoms with E-state index in [0.29, 0.717) is 13.2 Å². The van der Waals surface area contributed by atoms with E-state index in [9.17, 15) is 0 Å². The highest BCUT2D eigenvalue weighted by molar-refractivity contribution is 14.0. The first-order chi connectivity index (χ1) is 10.7. The second kappa shape index (κ2) is 14.6. The normalized spacial score (nSPS) is 11.0. The summed E-state index contributed by atoms with van der Waals surface area (Å²) in [4.78, 5) is 4.51. The predicted octanol–water partition coefficient (Wildman–Crippen LogP) is 3.05. The van der Waals surface area contributed by atoms with Gasteiger partial charge in [0, 0.05) is 19.7 Å². The van der Waals surface area contributed by atoms with E-state index >= 15 is 0 Å². The van der Waals surface area contributed by atoms with Gasteiger partial charge in [0.2, 0.25) is 0 Å². The molecule has 0 fully saturated rings. The van der Waals surface area contributed by atoms with Crippen LogP contribution in [-0.2, 0) is 4.74 Å². The van der Waals surface area contributed by atoms with Crippen LogP contribution >= 0.6 is 24.0 Å². The number of halogens is 1. The summed E-state index contributed by atoms with van der Waals surface area (Å²) in [5.74, 6) is 1.71. The molecule has 0 bridgehead atoms. The van der Waals surface area contributed by atoms with Crippen LogP contribution in [0.4, 0.5) is 0 Å². The van der Waals surface area contributed by atoms with Crippen LogP contribution in [-0.4, -0.2) is 44.9 Å². The number of benzene rings is 1. The molecule has 0 aliphatic rings. The van der Waals surface area contributed by atoms with Crippen molar-refractivity contribution in [3.05, 3.63) is 30.3 Å². The van der Waals surface area contributed by atoms with Gasteiger partial charge in [0.1, 0.15) is 12.4 Å². The summed E-state index contributed by atoms with van der Waals surface area (Å²) < 4.78 is 11.1. The number of hydrogen-bond acceptors (Lipinski definition) is 3. The number of hydrogen-bond donors (Lipinski definition) is 2. The first kappa shape index (κ1) is 22.0. The van der Waals surface area contributed by atoms with Crippen molar-refractivity contribution < 1.29 is 9.47 Å². The Morgan fingerprint density at radius 2 is 1.87 bits per heavy atom. The van der Waals surface area contributed by atoms with E-state index in [4.69, 9.17) is 9.47 Å². The van der Waals surface area contributed by atoms with Crippen LogP contribution in [0.1, 0.15) is 27.2 Å². The zero-order chi connectivity index (χ0) is 16.0. The zero-order valence-electron chi connectivity index (χ0n) is 14.4. The van der Waals surface area contributed by atoms with Crippen molar-refractivity contribution in [2.24, 2.45) is 4.99 Å². The summed E-state index contributed by atoms with van der Waals surface area (Å²) in [5.41, 5.74) is 0. The van der Waals surface area contributed by atoms with E-state index in [-0.39, 0.29) is 30.1 Å². The third-order valence-electron chi connectivity index (χ3n) is 2.77. The number of nitrogens with one attached hydrogen (secondary N) is 2. The van der Waals surface area contributed by atoms with Crippen molar-refractivity contribution >= 4 is 29.9 Å². The second-order valence-electron chi connectivity index (χ2n) is 5.12. The molecule has 0 saturated heterocycles. The molecule has 23 heavy (non-hydrogen) atoms. The highest BCUT2D eigenvalue weighted by Crippen LogP contribution is 2.07. The van der Waals surface area contributed by atoms with Crippen LogP contribution in [0.5, 0.6) is 5.75 Å². The Labute approximate surface area is 157 Å². The van der Waals surface area contributed by atoms with Crippen LogP contribution in [0.2, 0.25) is 0 Å². The van der Waals surface area contributed by atoms with E-state index in [2.05, 4.69) is 22.5 Å². The third kappa shape index (κ3) is 12.1. The molecule has 5 nitrogen and oxygen atoms in total. The molecule has 0 aliphatic carbocycles. The number of para-hydroxylation sites is 1. The lowest BCUT2D eigenvalue weighted by Crippen LogP contribution is -2.39. The molecule has 0 heterocycles. The highest BCUT2D eigenvalue weighted by atomic mass is 127. The van der Waals surface area contributed by atoms with Crippen LogP contribution in [0.25, 0.3) is 0 Å². The van der Waals surface area contributed by atoms with Crippen molar-refractivity contribution in [1.29, 1.82) is 0 Å². The molecule has 0 aromatic heterocycles. The van der Waals surface area contributed by atoms with Crippen LogP contribution in [0, 0.1) is 0 Å². The Morgan fingerprint density at radius 1 is 1.13 bits per heavy atom. The van der Waals surface area contributed by atoms with Gasteiger partial charge in [0.05, 0.1) is 12.6 Å². The minimum atomic E-state index is 0.